The molecular weight excluding hydrogens is 350 g/mol. The molecule has 0 bridgehead atoms. The van der Waals surface area contributed by atoms with Crippen molar-refractivity contribution in [1.82, 2.24) is 5.32 Å². The van der Waals surface area contributed by atoms with Crippen molar-refractivity contribution in [2.24, 2.45) is 0 Å². The fraction of sp³-hybridized carbons (Fsp3) is 0.250. The third-order valence-electron chi connectivity index (χ3n) is 3.72. The predicted octanol–water partition coefficient (Wildman–Crippen LogP) is 3.09. The van der Waals surface area contributed by atoms with E-state index in [1.807, 2.05) is 30.3 Å². The van der Waals surface area contributed by atoms with Crippen molar-refractivity contribution in [3.8, 4) is 0 Å². The molecule has 2 aromatic rings. The van der Waals surface area contributed by atoms with E-state index in [4.69, 9.17) is 0 Å². The molecule has 0 radical (unpaired) electrons. The van der Waals surface area contributed by atoms with Gasteiger partial charge in [0.1, 0.15) is 0 Å². The Morgan fingerprint density at radius 3 is 2.19 bits per heavy atom. The second-order valence-electron chi connectivity index (χ2n) is 5.73. The van der Waals surface area contributed by atoms with Gasteiger partial charge in [-0.05, 0) is 36.2 Å². The first-order valence-electron chi connectivity index (χ1n) is 8.16. The number of rotatable bonds is 7. The van der Waals surface area contributed by atoms with Crippen LogP contribution >= 0.6 is 11.8 Å². The van der Waals surface area contributed by atoms with Crippen molar-refractivity contribution in [1.29, 1.82) is 0 Å². The zero-order valence-corrected chi connectivity index (χ0v) is 15.5. The van der Waals surface area contributed by atoms with Gasteiger partial charge >= 0.3 is 5.97 Å². The molecule has 0 aliphatic heterocycles. The van der Waals surface area contributed by atoms with Gasteiger partial charge in [-0.15, -0.1) is 0 Å². The molecule has 0 aromatic heterocycles. The highest BCUT2D eigenvalue weighted by molar-refractivity contribution is 8.13. The molecule has 0 saturated heterocycles. The summed E-state index contributed by atoms with van der Waals surface area (Å²) >= 11 is 1.19. The fourth-order valence-corrected chi connectivity index (χ4v) is 3.05. The lowest BCUT2D eigenvalue weighted by atomic mass is 10.1. The van der Waals surface area contributed by atoms with Crippen LogP contribution < -0.4 is 5.32 Å². The van der Waals surface area contributed by atoms with E-state index in [0.717, 1.165) is 5.56 Å². The number of amides is 1. The van der Waals surface area contributed by atoms with Crippen LogP contribution in [0, 0.1) is 0 Å². The van der Waals surface area contributed by atoms with E-state index < -0.39 is 5.97 Å². The van der Waals surface area contributed by atoms with Crippen LogP contribution in [0.5, 0.6) is 0 Å². The van der Waals surface area contributed by atoms with Gasteiger partial charge in [-0.1, -0.05) is 42.1 Å². The maximum Gasteiger partial charge on any atom is 0.337 e. The number of benzene rings is 2. The zero-order chi connectivity index (χ0) is 18.9. The fourth-order valence-electron chi connectivity index (χ4n) is 2.41. The molecule has 6 heteroatoms. The normalized spacial score (nSPS) is 11.5. The molecule has 0 saturated carbocycles. The SMILES string of the molecule is COC(=O)c1ccc(C(=O)NC(CSC(C)=O)Cc2ccccc2)cc1. The highest BCUT2D eigenvalue weighted by Crippen LogP contribution is 2.12. The van der Waals surface area contributed by atoms with E-state index in [2.05, 4.69) is 10.1 Å². The number of carbonyl (C=O) groups excluding carboxylic acids is 3. The van der Waals surface area contributed by atoms with Crippen molar-refractivity contribution >= 4 is 28.8 Å². The van der Waals surface area contributed by atoms with Gasteiger partial charge in [0, 0.05) is 24.3 Å². The van der Waals surface area contributed by atoms with Crippen molar-refractivity contribution < 1.29 is 19.1 Å². The predicted molar refractivity (Wildman–Crippen MR) is 102 cm³/mol. The smallest absolute Gasteiger partial charge is 0.337 e. The van der Waals surface area contributed by atoms with Crippen LogP contribution in [-0.2, 0) is 16.0 Å². The Balaban J connectivity index is 2.06. The van der Waals surface area contributed by atoms with Gasteiger partial charge in [-0.3, -0.25) is 9.59 Å². The molecule has 1 amide bonds. The molecule has 0 fully saturated rings. The van der Waals surface area contributed by atoms with Crippen LogP contribution in [0.4, 0.5) is 0 Å². The van der Waals surface area contributed by atoms with Crippen molar-refractivity contribution in [2.75, 3.05) is 12.9 Å². The van der Waals surface area contributed by atoms with Crippen molar-refractivity contribution in [3.63, 3.8) is 0 Å². The molecule has 2 rings (SSSR count). The standard InChI is InChI=1S/C20H21NO4S/c1-14(22)26-13-18(12-15-6-4-3-5-7-15)21-19(23)16-8-10-17(11-9-16)20(24)25-2/h3-11,18H,12-13H2,1-2H3,(H,21,23). The molecule has 0 aliphatic carbocycles. The maximum atomic E-state index is 12.5. The van der Waals surface area contributed by atoms with E-state index in [-0.39, 0.29) is 17.1 Å². The monoisotopic (exact) mass is 371 g/mol. The minimum Gasteiger partial charge on any atom is -0.465 e. The first-order chi connectivity index (χ1) is 12.5. The van der Waals surface area contributed by atoms with Gasteiger partial charge in [0.15, 0.2) is 5.12 Å². The number of nitrogens with one attached hydrogen (secondary N) is 1. The van der Waals surface area contributed by atoms with Crippen LogP contribution in [0.25, 0.3) is 0 Å². The summed E-state index contributed by atoms with van der Waals surface area (Å²) in [6, 6.07) is 15.9. The van der Waals surface area contributed by atoms with E-state index >= 15 is 0 Å². The Bertz CT molecular complexity index is 759. The Kier molecular flexibility index (Phi) is 7.41. The topological polar surface area (TPSA) is 72.5 Å². The summed E-state index contributed by atoms with van der Waals surface area (Å²) in [7, 11) is 1.31. The maximum absolute atomic E-state index is 12.5. The number of thioether (sulfide) groups is 1. The second kappa shape index (κ2) is 9.77. The summed E-state index contributed by atoms with van der Waals surface area (Å²) in [6.07, 6.45) is 0.632. The average Bonchev–Trinajstić information content (AvgIpc) is 2.66. The lowest BCUT2D eigenvalue weighted by Crippen LogP contribution is -2.38. The van der Waals surface area contributed by atoms with Gasteiger partial charge in [-0.2, -0.15) is 0 Å². The minimum absolute atomic E-state index is 0.0136. The molecular formula is C20H21NO4S. The molecule has 2 aromatic carbocycles. The lowest BCUT2D eigenvalue weighted by molar-refractivity contribution is -0.109. The number of carbonyl (C=O) groups is 3. The highest BCUT2D eigenvalue weighted by Gasteiger charge is 2.16. The number of ether oxygens (including phenoxy) is 1. The van der Waals surface area contributed by atoms with Gasteiger partial charge in [0.25, 0.3) is 5.91 Å². The first-order valence-corrected chi connectivity index (χ1v) is 9.14. The summed E-state index contributed by atoms with van der Waals surface area (Å²) < 4.78 is 4.65. The summed E-state index contributed by atoms with van der Waals surface area (Å²) in [5.41, 5.74) is 1.92. The Morgan fingerprint density at radius 1 is 1.00 bits per heavy atom. The van der Waals surface area contributed by atoms with Gasteiger partial charge < -0.3 is 10.1 Å². The molecule has 1 N–H and O–H groups in total. The van der Waals surface area contributed by atoms with E-state index in [1.54, 1.807) is 24.3 Å². The van der Waals surface area contributed by atoms with Gasteiger partial charge in [0.2, 0.25) is 0 Å². The van der Waals surface area contributed by atoms with Crippen LogP contribution in [0.3, 0.4) is 0 Å². The molecule has 5 nitrogen and oxygen atoms in total. The molecule has 0 spiro atoms. The number of hydrogen-bond donors (Lipinski definition) is 1. The Morgan fingerprint density at radius 2 is 1.62 bits per heavy atom. The third-order valence-corrected chi connectivity index (χ3v) is 4.69. The van der Waals surface area contributed by atoms with E-state index in [0.29, 0.717) is 23.3 Å². The third kappa shape index (κ3) is 6.04. The lowest BCUT2D eigenvalue weighted by Gasteiger charge is -2.18. The Hall–Kier alpha value is -2.60. The quantitative estimate of drug-likeness (QED) is 0.757. The number of methoxy groups -OCH3 is 1. The zero-order valence-electron chi connectivity index (χ0n) is 14.7. The molecule has 26 heavy (non-hydrogen) atoms. The molecule has 0 aliphatic rings. The Labute approximate surface area is 157 Å². The minimum atomic E-state index is -0.447. The van der Waals surface area contributed by atoms with Gasteiger partial charge in [-0.25, -0.2) is 4.79 Å². The van der Waals surface area contributed by atoms with E-state index in [9.17, 15) is 14.4 Å². The number of hydrogen-bond acceptors (Lipinski definition) is 5. The van der Waals surface area contributed by atoms with Crippen molar-refractivity contribution in [2.45, 2.75) is 19.4 Å². The summed E-state index contributed by atoms with van der Waals surface area (Å²) in [5, 5.41) is 2.99. The molecule has 1 atom stereocenters. The summed E-state index contributed by atoms with van der Waals surface area (Å²) in [5.74, 6) is -0.195. The summed E-state index contributed by atoms with van der Waals surface area (Å²) in [4.78, 5) is 35.3. The first kappa shape index (κ1) is 19.7. The highest BCUT2D eigenvalue weighted by atomic mass is 32.2. The average molecular weight is 371 g/mol. The van der Waals surface area contributed by atoms with Gasteiger partial charge in [0.05, 0.1) is 12.7 Å². The molecule has 136 valence electrons. The van der Waals surface area contributed by atoms with Crippen LogP contribution in [0.2, 0.25) is 0 Å². The van der Waals surface area contributed by atoms with E-state index in [1.165, 1.54) is 25.8 Å². The van der Waals surface area contributed by atoms with Crippen molar-refractivity contribution in [3.05, 3.63) is 71.3 Å². The number of esters is 1. The van der Waals surface area contributed by atoms with Crippen LogP contribution in [0.1, 0.15) is 33.2 Å². The second-order valence-corrected chi connectivity index (χ2v) is 6.93. The van der Waals surface area contributed by atoms with Crippen LogP contribution in [0.15, 0.2) is 54.6 Å². The molecule has 1 unspecified atom stereocenters. The molecule has 0 heterocycles. The largest absolute Gasteiger partial charge is 0.465 e. The summed E-state index contributed by atoms with van der Waals surface area (Å²) in [6.45, 7) is 1.51. The van der Waals surface area contributed by atoms with Crippen LogP contribution in [-0.4, -0.2) is 35.9 Å².